The number of hydrogen-bond acceptors (Lipinski definition) is 2. The Labute approximate surface area is 158 Å². The molecule has 0 atom stereocenters. The van der Waals surface area contributed by atoms with Gasteiger partial charge in [0.1, 0.15) is 0 Å². The topological polar surface area (TPSA) is 34.4 Å². The van der Waals surface area contributed by atoms with Crippen LogP contribution in [0.15, 0.2) is 47.5 Å². The maximum Gasteiger partial charge on any atom is 0.279 e. The lowest BCUT2D eigenvalue weighted by atomic mass is 9.87. The van der Waals surface area contributed by atoms with Crippen LogP contribution in [-0.2, 0) is 12.0 Å². The molecule has 0 fully saturated rings. The van der Waals surface area contributed by atoms with Crippen LogP contribution < -0.4 is 4.80 Å². The Balaban J connectivity index is 2.05. The second-order valence-corrected chi connectivity index (χ2v) is 8.40. The van der Waals surface area contributed by atoms with E-state index in [0.717, 1.165) is 10.2 Å². The Morgan fingerprint density at radius 3 is 2.50 bits per heavy atom. The summed E-state index contributed by atoms with van der Waals surface area (Å²) >= 11 is 1.49. The Morgan fingerprint density at radius 1 is 1.19 bits per heavy atom. The molecule has 1 heterocycles. The molecule has 4 heteroatoms. The van der Waals surface area contributed by atoms with Gasteiger partial charge in [-0.2, -0.15) is 4.99 Å². The van der Waals surface area contributed by atoms with E-state index in [1.54, 1.807) is 0 Å². The molecule has 0 spiro atoms. The number of thiazole rings is 1. The Hall–Kier alpha value is -2.64. The van der Waals surface area contributed by atoms with Crippen LogP contribution in [0.5, 0.6) is 0 Å². The molecule has 0 bridgehead atoms. The molecule has 0 aliphatic heterocycles. The summed E-state index contributed by atoms with van der Waals surface area (Å²) in [5, 5.41) is 0. The van der Waals surface area contributed by atoms with Crippen LogP contribution in [0.3, 0.4) is 0 Å². The SMILES string of the molecule is C#CCn1c(=NC(=O)c2ccc(C(C)(C)C)cc2)sc2cc(C)ccc21. The predicted molar refractivity (Wildman–Crippen MR) is 108 cm³/mol. The van der Waals surface area contributed by atoms with E-state index < -0.39 is 0 Å². The summed E-state index contributed by atoms with van der Waals surface area (Å²) in [6.45, 7) is 8.88. The zero-order valence-electron chi connectivity index (χ0n) is 15.5. The van der Waals surface area contributed by atoms with Gasteiger partial charge in [-0.15, -0.1) is 6.42 Å². The summed E-state index contributed by atoms with van der Waals surface area (Å²) in [7, 11) is 0. The highest BCUT2D eigenvalue weighted by molar-refractivity contribution is 7.16. The zero-order valence-corrected chi connectivity index (χ0v) is 16.4. The minimum atomic E-state index is -0.250. The summed E-state index contributed by atoms with van der Waals surface area (Å²) in [6, 6.07) is 13.8. The number of hydrogen-bond donors (Lipinski definition) is 0. The van der Waals surface area contributed by atoms with Crippen molar-refractivity contribution in [3.8, 4) is 12.3 Å². The molecule has 0 radical (unpaired) electrons. The standard InChI is InChI=1S/C22H22N2OS/c1-6-13-24-18-12-7-15(2)14-19(18)26-21(24)23-20(25)16-8-10-17(11-9-16)22(3,4)5/h1,7-12,14H,13H2,2-5H3. The number of terminal acetylenes is 1. The molecule has 2 aromatic carbocycles. The average molecular weight is 362 g/mol. The summed E-state index contributed by atoms with van der Waals surface area (Å²) in [5.41, 5.74) is 4.00. The Kier molecular flexibility index (Phi) is 4.84. The number of amides is 1. The third-order valence-electron chi connectivity index (χ3n) is 4.28. The lowest BCUT2D eigenvalue weighted by molar-refractivity contribution is 0.0998. The number of fused-ring (bicyclic) bond motifs is 1. The molecule has 26 heavy (non-hydrogen) atoms. The number of nitrogens with zero attached hydrogens (tertiary/aromatic N) is 2. The van der Waals surface area contributed by atoms with Gasteiger partial charge in [0.25, 0.3) is 5.91 Å². The summed E-state index contributed by atoms with van der Waals surface area (Å²) in [5.74, 6) is 2.40. The van der Waals surface area contributed by atoms with Crippen molar-refractivity contribution in [2.24, 2.45) is 4.99 Å². The molecule has 1 amide bonds. The van der Waals surface area contributed by atoms with Gasteiger partial charge in [0, 0.05) is 5.56 Å². The molecule has 132 valence electrons. The van der Waals surface area contributed by atoms with Crippen molar-refractivity contribution in [1.82, 2.24) is 4.57 Å². The Bertz CT molecular complexity index is 1070. The van der Waals surface area contributed by atoms with E-state index in [1.807, 2.05) is 47.9 Å². The molecule has 3 aromatic rings. The largest absolute Gasteiger partial charge is 0.305 e. The van der Waals surface area contributed by atoms with E-state index in [0.29, 0.717) is 16.9 Å². The lowest BCUT2D eigenvalue weighted by Gasteiger charge is -2.18. The van der Waals surface area contributed by atoms with Crippen LogP contribution >= 0.6 is 11.3 Å². The van der Waals surface area contributed by atoms with Gasteiger partial charge in [-0.25, -0.2) is 0 Å². The van der Waals surface area contributed by atoms with Gasteiger partial charge in [0.15, 0.2) is 4.80 Å². The average Bonchev–Trinajstić information content (AvgIpc) is 2.91. The Morgan fingerprint density at radius 2 is 1.88 bits per heavy atom. The second kappa shape index (κ2) is 6.93. The minimum Gasteiger partial charge on any atom is -0.305 e. The van der Waals surface area contributed by atoms with Crippen LogP contribution in [0.4, 0.5) is 0 Å². The molecule has 3 rings (SSSR count). The van der Waals surface area contributed by atoms with Crippen molar-refractivity contribution in [2.45, 2.75) is 39.7 Å². The summed E-state index contributed by atoms with van der Waals surface area (Å²) in [4.78, 5) is 17.6. The van der Waals surface area contributed by atoms with Crippen LogP contribution in [-0.4, -0.2) is 10.5 Å². The maximum absolute atomic E-state index is 12.7. The molecule has 0 aliphatic carbocycles. The van der Waals surface area contributed by atoms with E-state index in [4.69, 9.17) is 6.42 Å². The van der Waals surface area contributed by atoms with Gasteiger partial charge < -0.3 is 4.57 Å². The molecule has 0 saturated carbocycles. The number of benzene rings is 2. The molecule has 0 saturated heterocycles. The van der Waals surface area contributed by atoms with Crippen LogP contribution in [0, 0.1) is 19.3 Å². The summed E-state index contributed by atoms with van der Waals surface area (Å²) in [6.07, 6.45) is 5.52. The molecule has 0 N–H and O–H groups in total. The number of aromatic nitrogens is 1. The van der Waals surface area contributed by atoms with Crippen LogP contribution in [0.2, 0.25) is 0 Å². The van der Waals surface area contributed by atoms with Gasteiger partial charge in [-0.05, 0) is 47.7 Å². The normalized spacial score (nSPS) is 12.3. The van der Waals surface area contributed by atoms with Gasteiger partial charge >= 0.3 is 0 Å². The van der Waals surface area contributed by atoms with Crippen molar-refractivity contribution in [3.63, 3.8) is 0 Å². The quantitative estimate of drug-likeness (QED) is 0.609. The fraction of sp³-hybridized carbons (Fsp3) is 0.273. The summed E-state index contributed by atoms with van der Waals surface area (Å²) < 4.78 is 3.00. The highest BCUT2D eigenvalue weighted by Gasteiger charge is 2.14. The van der Waals surface area contributed by atoms with E-state index in [9.17, 15) is 4.79 Å². The first-order valence-corrected chi connectivity index (χ1v) is 9.34. The molecule has 0 aliphatic rings. The van der Waals surface area contributed by atoms with Gasteiger partial charge in [-0.1, -0.05) is 56.2 Å². The van der Waals surface area contributed by atoms with E-state index in [-0.39, 0.29) is 11.3 Å². The van der Waals surface area contributed by atoms with Gasteiger partial charge in [0.05, 0.1) is 16.8 Å². The maximum atomic E-state index is 12.7. The lowest BCUT2D eigenvalue weighted by Crippen LogP contribution is -2.16. The third-order valence-corrected chi connectivity index (χ3v) is 5.32. The van der Waals surface area contributed by atoms with Crippen molar-refractivity contribution >= 4 is 27.5 Å². The van der Waals surface area contributed by atoms with Crippen molar-refractivity contribution in [3.05, 3.63) is 64.0 Å². The third kappa shape index (κ3) is 3.63. The van der Waals surface area contributed by atoms with Gasteiger partial charge in [-0.3, -0.25) is 4.79 Å². The van der Waals surface area contributed by atoms with Crippen LogP contribution in [0.1, 0.15) is 42.3 Å². The first kappa shape index (κ1) is 18.2. The van der Waals surface area contributed by atoms with Crippen LogP contribution in [0.25, 0.3) is 10.2 Å². The predicted octanol–water partition coefficient (Wildman–Crippen LogP) is 4.68. The first-order chi connectivity index (χ1) is 12.3. The second-order valence-electron chi connectivity index (χ2n) is 7.39. The van der Waals surface area contributed by atoms with Crippen molar-refractivity contribution in [2.75, 3.05) is 0 Å². The molecule has 0 unspecified atom stereocenters. The number of aryl methyl sites for hydroxylation is 1. The number of carbonyl (C=O) groups is 1. The fourth-order valence-corrected chi connectivity index (χ4v) is 3.90. The molecular weight excluding hydrogens is 340 g/mol. The minimum absolute atomic E-state index is 0.0534. The highest BCUT2D eigenvalue weighted by atomic mass is 32.1. The molecule has 3 nitrogen and oxygen atoms in total. The smallest absolute Gasteiger partial charge is 0.279 e. The molecule has 1 aromatic heterocycles. The van der Waals surface area contributed by atoms with E-state index >= 15 is 0 Å². The zero-order chi connectivity index (χ0) is 18.9. The fourth-order valence-electron chi connectivity index (χ4n) is 2.77. The number of rotatable bonds is 2. The van der Waals surface area contributed by atoms with E-state index in [2.05, 4.69) is 37.8 Å². The monoisotopic (exact) mass is 362 g/mol. The van der Waals surface area contributed by atoms with E-state index in [1.165, 1.54) is 22.5 Å². The van der Waals surface area contributed by atoms with Crippen molar-refractivity contribution in [1.29, 1.82) is 0 Å². The number of carbonyl (C=O) groups excluding carboxylic acids is 1. The highest BCUT2D eigenvalue weighted by Crippen LogP contribution is 2.22. The van der Waals surface area contributed by atoms with Gasteiger partial charge in [0.2, 0.25) is 0 Å². The molecular formula is C22H22N2OS. The van der Waals surface area contributed by atoms with Crippen molar-refractivity contribution < 1.29 is 4.79 Å². The first-order valence-electron chi connectivity index (χ1n) is 8.52.